The third kappa shape index (κ3) is 3.77. The molecule has 2 aromatic carbocycles. The molecule has 0 aliphatic carbocycles. The average molecular weight is 338 g/mol. The molecule has 0 bridgehead atoms. The molecule has 1 heterocycles. The van der Waals surface area contributed by atoms with Crippen LogP contribution in [0.5, 0.6) is 5.75 Å². The number of thiazole rings is 1. The van der Waals surface area contributed by atoms with Crippen molar-refractivity contribution in [1.29, 1.82) is 0 Å². The summed E-state index contributed by atoms with van der Waals surface area (Å²) in [5.41, 5.74) is 10.1. The predicted molar refractivity (Wildman–Crippen MR) is 101 cm³/mol. The molecular formula is C20H22N2OS. The summed E-state index contributed by atoms with van der Waals surface area (Å²) in [7, 11) is 0. The Labute approximate surface area is 147 Å². The van der Waals surface area contributed by atoms with Crippen LogP contribution in [-0.4, -0.2) is 4.98 Å². The topological polar surface area (TPSA) is 48.1 Å². The second-order valence-electron chi connectivity index (χ2n) is 6.81. The molecular weight excluding hydrogens is 316 g/mol. The fraction of sp³-hybridized carbons (Fsp3) is 0.250. The Morgan fingerprint density at radius 2 is 1.83 bits per heavy atom. The molecule has 0 radical (unpaired) electrons. The van der Waals surface area contributed by atoms with Gasteiger partial charge in [-0.1, -0.05) is 57.2 Å². The van der Waals surface area contributed by atoms with Gasteiger partial charge in [-0.25, -0.2) is 4.98 Å². The summed E-state index contributed by atoms with van der Waals surface area (Å²) in [5.74, 6) is 0.831. The summed E-state index contributed by atoms with van der Waals surface area (Å²) < 4.78 is 6.08. The Balaban J connectivity index is 1.95. The largest absolute Gasteiger partial charge is 0.488 e. The number of aromatic nitrogens is 1. The van der Waals surface area contributed by atoms with Crippen LogP contribution < -0.4 is 10.5 Å². The lowest BCUT2D eigenvalue weighted by atomic mass is 9.86. The number of anilines is 1. The van der Waals surface area contributed by atoms with Crippen LogP contribution in [0.4, 0.5) is 5.13 Å². The van der Waals surface area contributed by atoms with Crippen molar-refractivity contribution in [2.75, 3.05) is 5.73 Å². The lowest BCUT2D eigenvalue weighted by Crippen LogP contribution is -2.11. The Hall–Kier alpha value is -2.33. The van der Waals surface area contributed by atoms with Gasteiger partial charge in [-0.05, 0) is 28.7 Å². The van der Waals surface area contributed by atoms with E-state index >= 15 is 0 Å². The third-order valence-electron chi connectivity index (χ3n) is 3.88. The Kier molecular flexibility index (Phi) is 4.58. The van der Waals surface area contributed by atoms with E-state index in [4.69, 9.17) is 10.5 Å². The first kappa shape index (κ1) is 16.5. The molecule has 0 aliphatic heterocycles. The second-order valence-corrected chi connectivity index (χ2v) is 7.70. The smallest absolute Gasteiger partial charge is 0.180 e. The maximum atomic E-state index is 6.08. The molecule has 0 spiro atoms. The Morgan fingerprint density at radius 1 is 1.08 bits per heavy atom. The highest BCUT2D eigenvalue weighted by Gasteiger charge is 2.18. The van der Waals surface area contributed by atoms with Gasteiger partial charge < -0.3 is 10.5 Å². The highest BCUT2D eigenvalue weighted by Crippen LogP contribution is 2.36. The second kappa shape index (κ2) is 6.65. The minimum atomic E-state index is 0.0638. The lowest BCUT2D eigenvalue weighted by molar-refractivity contribution is 0.307. The van der Waals surface area contributed by atoms with Crippen molar-refractivity contribution >= 4 is 16.5 Å². The molecule has 3 aromatic rings. The average Bonchev–Trinajstić information content (AvgIpc) is 2.99. The summed E-state index contributed by atoms with van der Waals surface area (Å²) in [5, 5.41) is 2.55. The molecule has 0 saturated heterocycles. The third-order valence-corrected chi connectivity index (χ3v) is 4.55. The zero-order chi connectivity index (χ0) is 17.2. The van der Waals surface area contributed by atoms with E-state index in [1.165, 1.54) is 16.9 Å². The predicted octanol–water partition coefficient (Wildman–Crippen LogP) is 5.27. The number of hydrogen-bond donors (Lipinski definition) is 1. The molecule has 24 heavy (non-hydrogen) atoms. The standard InChI is InChI=1S/C20H22N2OS/c1-20(2,3)15-9-10-18(23-12-14-7-5-4-6-8-14)16(11-15)17-13-24-19(21)22-17/h4-11,13H,12H2,1-3H3,(H2,21,22). The van der Waals surface area contributed by atoms with Crippen LogP contribution in [0.25, 0.3) is 11.3 Å². The lowest BCUT2D eigenvalue weighted by Gasteiger charge is -2.21. The van der Waals surface area contributed by atoms with Crippen molar-refractivity contribution in [2.45, 2.75) is 32.8 Å². The van der Waals surface area contributed by atoms with E-state index in [0.717, 1.165) is 22.6 Å². The number of ether oxygens (including phenoxy) is 1. The normalized spacial score (nSPS) is 11.5. The van der Waals surface area contributed by atoms with Crippen LogP contribution in [0.1, 0.15) is 31.9 Å². The first-order valence-electron chi connectivity index (χ1n) is 7.96. The van der Waals surface area contributed by atoms with Crippen LogP contribution in [0.15, 0.2) is 53.9 Å². The first-order valence-corrected chi connectivity index (χ1v) is 8.84. The number of nitrogens with two attached hydrogens (primary N) is 1. The van der Waals surface area contributed by atoms with E-state index in [-0.39, 0.29) is 5.41 Å². The first-order chi connectivity index (χ1) is 11.4. The van der Waals surface area contributed by atoms with Gasteiger partial charge in [0.05, 0.1) is 5.69 Å². The molecule has 0 unspecified atom stereocenters. The minimum absolute atomic E-state index is 0.0638. The van der Waals surface area contributed by atoms with Crippen molar-refractivity contribution in [3.8, 4) is 17.0 Å². The minimum Gasteiger partial charge on any atom is -0.488 e. The van der Waals surface area contributed by atoms with Crippen molar-refractivity contribution in [3.05, 3.63) is 65.0 Å². The number of rotatable bonds is 4. The van der Waals surface area contributed by atoms with Gasteiger partial charge >= 0.3 is 0 Å². The van der Waals surface area contributed by atoms with Gasteiger partial charge in [-0.2, -0.15) is 0 Å². The van der Waals surface area contributed by atoms with Gasteiger partial charge in [0.2, 0.25) is 0 Å². The molecule has 0 saturated carbocycles. The number of nitrogens with zero attached hydrogens (tertiary/aromatic N) is 1. The summed E-state index contributed by atoms with van der Waals surface area (Å²) in [4.78, 5) is 4.44. The van der Waals surface area contributed by atoms with E-state index in [2.05, 4.69) is 50.0 Å². The van der Waals surface area contributed by atoms with Crippen LogP contribution in [-0.2, 0) is 12.0 Å². The summed E-state index contributed by atoms with van der Waals surface area (Å²) >= 11 is 1.45. The molecule has 0 atom stereocenters. The van der Waals surface area contributed by atoms with Gasteiger partial charge in [0.1, 0.15) is 12.4 Å². The number of benzene rings is 2. The van der Waals surface area contributed by atoms with E-state index in [9.17, 15) is 0 Å². The van der Waals surface area contributed by atoms with E-state index in [0.29, 0.717) is 11.7 Å². The molecule has 2 N–H and O–H groups in total. The molecule has 4 heteroatoms. The van der Waals surface area contributed by atoms with Crippen molar-refractivity contribution in [1.82, 2.24) is 4.98 Å². The van der Waals surface area contributed by atoms with E-state index in [1.807, 2.05) is 29.6 Å². The fourth-order valence-electron chi connectivity index (χ4n) is 2.47. The van der Waals surface area contributed by atoms with Crippen molar-refractivity contribution < 1.29 is 4.74 Å². The van der Waals surface area contributed by atoms with Gasteiger partial charge in [0.25, 0.3) is 0 Å². The molecule has 3 nitrogen and oxygen atoms in total. The molecule has 0 amide bonds. The SMILES string of the molecule is CC(C)(C)c1ccc(OCc2ccccc2)c(-c2csc(N)n2)c1. The molecule has 0 fully saturated rings. The quantitative estimate of drug-likeness (QED) is 0.705. The number of hydrogen-bond acceptors (Lipinski definition) is 4. The zero-order valence-electron chi connectivity index (χ0n) is 14.2. The molecule has 3 rings (SSSR count). The van der Waals surface area contributed by atoms with Gasteiger partial charge in [-0.3, -0.25) is 0 Å². The van der Waals surface area contributed by atoms with Crippen LogP contribution in [0.3, 0.4) is 0 Å². The van der Waals surface area contributed by atoms with E-state index < -0.39 is 0 Å². The molecule has 124 valence electrons. The van der Waals surface area contributed by atoms with Crippen LogP contribution in [0, 0.1) is 0 Å². The summed E-state index contributed by atoms with van der Waals surface area (Å²) in [6, 6.07) is 16.5. The highest BCUT2D eigenvalue weighted by atomic mass is 32.1. The van der Waals surface area contributed by atoms with Gasteiger partial charge in [0.15, 0.2) is 5.13 Å². The Bertz CT molecular complexity index is 819. The van der Waals surface area contributed by atoms with Crippen molar-refractivity contribution in [3.63, 3.8) is 0 Å². The molecule has 0 aliphatic rings. The van der Waals surface area contributed by atoms with Crippen LogP contribution in [0.2, 0.25) is 0 Å². The fourth-order valence-corrected chi connectivity index (χ4v) is 3.03. The maximum absolute atomic E-state index is 6.08. The molecule has 1 aromatic heterocycles. The van der Waals surface area contributed by atoms with Gasteiger partial charge in [-0.15, -0.1) is 11.3 Å². The summed E-state index contributed by atoms with van der Waals surface area (Å²) in [6.45, 7) is 7.13. The zero-order valence-corrected chi connectivity index (χ0v) is 15.1. The van der Waals surface area contributed by atoms with Crippen molar-refractivity contribution in [2.24, 2.45) is 0 Å². The Morgan fingerprint density at radius 3 is 2.46 bits per heavy atom. The monoisotopic (exact) mass is 338 g/mol. The van der Waals surface area contributed by atoms with Gasteiger partial charge in [0, 0.05) is 10.9 Å². The number of nitrogen functional groups attached to an aromatic ring is 1. The van der Waals surface area contributed by atoms with E-state index in [1.54, 1.807) is 0 Å². The maximum Gasteiger partial charge on any atom is 0.180 e. The van der Waals surface area contributed by atoms with Crippen LogP contribution >= 0.6 is 11.3 Å². The summed E-state index contributed by atoms with van der Waals surface area (Å²) in [6.07, 6.45) is 0. The highest BCUT2D eigenvalue weighted by molar-refractivity contribution is 7.13.